The van der Waals surface area contributed by atoms with Gasteiger partial charge in [-0.1, -0.05) is 18.2 Å². The van der Waals surface area contributed by atoms with Crippen LogP contribution >= 0.6 is 0 Å². The fourth-order valence-electron chi connectivity index (χ4n) is 1.88. The minimum Gasteiger partial charge on any atom is -0.494 e. The maximum Gasteiger partial charge on any atom is 0.337 e. The molecule has 120 valence electrons. The molecule has 6 heteroatoms. The van der Waals surface area contributed by atoms with Gasteiger partial charge in [0.25, 0.3) is 0 Å². The van der Waals surface area contributed by atoms with Gasteiger partial charge in [-0.2, -0.15) is 0 Å². The zero-order valence-electron chi connectivity index (χ0n) is 13.0. The molecule has 2 N–H and O–H groups in total. The average Bonchev–Trinajstić information content (AvgIpc) is 2.60. The molecular formula is C17H18N2O4. The van der Waals surface area contributed by atoms with Crippen LogP contribution in [-0.2, 0) is 4.74 Å². The predicted molar refractivity (Wildman–Crippen MR) is 87.6 cm³/mol. The van der Waals surface area contributed by atoms with E-state index in [4.69, 9.17) is 19.9 Å². The molecule has 0 bridgehead atoms. The number of benzene rings is 2. The quantitative estimate of drug-likeness (QED) is 0.503. The first-order chi connectivity index (χ1) is 11.1. The van der Waals surface area contributed by atoms with Gasteiger partial charge in [-0.05, 0) is 30.3 Å². The molecule has 0 aliphatic rings. The number of methoxy groups -OCH3 is 2. The lowest BCUT2D eigenvalue weighted by Gasteiger charge is -2.09. The van der Waals surface area contributed by atoms with Gasteiger partial charge in [0.15, 0.2) is 0 Å². The van der Waals surface area contributed by atoms with Crippen LogP contribution in [0.2, 0.25) is 0 Å². The molecule has 23 heavy (non-hydrogen) atoms. The number of para-hydroxylation sites is 1. The smallest absolute Gasteiger partial charge is 0.337 e. The highest BCUT2D eigenvalue weighted by Crippen LogP contribution is 2.28. The maximum atomic E-state index is 11.6. The van der Waals surface area contributed by atoms with Crippen molar-refractivity contribution in [3.63, 3.8) is 0 Å². The van der Waals surface area contributed by atoms with Crippen molar-refractivity contribution in [2.24, 2.45) is 10.7 Å². The van der Waals surface area contributed by atoms with Crippen molar-refractivity contribution in [1.29, 1.82) is 0 Å². The number of rotatable bonds is 6. The number of aliphatic imine (C=N–C) groups is 1. The molecule has 2 aromatic carbocycles. The summed E-state index contributed by atoms with van der Waals surface area (Å²) in [5.41, 5.74) is 6.69. The molecule has 2 rings (SSSR count). The summed E-state index contributed by atoms with van der Waals surface area (Å²) in [6, 6.07) is 14.1. The van der Waals surface area contributed by atoms with Gasteiger partial charge in [-0.15, -0.1) is 0 Å². The van der Waals surface area contributed by atoms with Gasteiger partial charge < -0.3 is 19.9 Å². The molecule has 0 amide bonds. The summed E-state index contributed by atoms with van der Waals surface area (Å²) < 4.78 is 15.4. The lowest BCUT2D eigenvalue weighted by atomic mass is 10.2. The number of hydrogen-bond donors (Lipinski definition) is 1. The molecule has 0 atom stereocenters. The topological polar surface area (TPSA) is 83.1 Å². The number of amidine groups is 1. The Bertz CT molecular complexity index is 699. The second-order valence-corrected chi connectivity index (χ2v) is 4.58. The molecule has 6 nitrogen and oxygen atoms in total. The van der Waals surface area contributed by atoms with E-state index in [0.717, 1.165) is 0 Å². The molecule has 0 heterocycles. The fraction of sp³-hybridized carbons (Fsp3) is 0.176. The maximum absolute atomic E-state index is 11.6. The van der Waals surface area contributed by atoms with Crippen molar-refractivity contribution in [2.45, 2.75) is 0 Å². The minimum atomic E-state index is -0.455. The summed E-state index contributed by atoms with van der Waals surface area (Å²) in [5.74, 6) is 0.999. The van der Waals surface area contributed by atoms with Crippen molar-refractivity contribution in [2.75, 3.05) is 20.8 Å². The van der Waals surface area contributed by atoms with Crippen LogP contribution in [0.25, 0.3) is 0 Å². The van der Waals surface area contributed by atoms with Gasteiger partial charge in [0.1, 0.15) is 29.6 Å². The first kappa shape index (κ1) is 16.4. The van der Waals surface area contributed by atoms with Crippen LogP contribution in [0.3, 0.4) is 0 Å². The Hall–Kier alpha value is -3.02. The van der Waals surface area contributed by atoms with Gasteiger partial charge in [-0.25, -0.2) is 9.79 Å². The van der Waals surface area contributed by atoms with Crippen molar-refractivity contribution < 1.29 is 19.0 Å². The number of carbonyl (C=O) groups is 1. The summed E-state index contributed by atoms with van der Waals surface area (Å²) in [6.07, 6.45) is 0. The Kier molecular flexibility index (Phi) is 5.57. The molecule has 0 fully saturated rings. The molecule has 0 aliphatic heterocycles. The van der Waals surface area contributed by atoms with E-state index in [1.165, 1.54) is 14.2 Å². The molecule has 0 unspecified atom stereocenters. The monoisotopic (exact) mass is 314 g/mol. The average molecular weight is 314 g/mol. The largest absolute Gasteiger partial charge is 0.494 e. The summed E-state index contributed by atoms with van der Waals surface area (Å²) >= 11 is 0. The summed E-state index contributed by atoms with van der Waals surface area (Å²) in [7, 11) is 2.83. The summed E-state index contributed by atoms with van der Waals surface area (Å²) in [4.78, 5) is 15.9. The van der Waals surface area contributed by atoms with E-state index in [-0.39, 0.29) is 12.4 Å². The van der Waals surface area contributed by atoms with E-state index in [9.17, 15) is 4.79 Å². The predicted octanol–water partition coefficient (Wildman–Crippen LogP) is 2.55. The highest BCUT2D eigenvalue weighted by molar-refractivity contribution is 5.92. The number of esters is 1. The minimum absolute atomic E-state index is 0.121. The zero-order chi connectivity index (χ0) is 16.7. The van der Waals surface area contributed by atoms with E-state index >= 15 is 0 Å². The van der Waals surface area contributed by atoms with E-state index in [2.05, 4.69) is 4.99 Å². The van der Waals surface area contributed by atoms with Crippen LogP contribution in [0.15, 0.2) is 53.5 Å². The van der Waals surface area contributed by atoms with Crippen LogP contribution < -0.4 is 15.2 Å². The van der Waals surface area contributed by atoms with E-state index in [0.29, 0.717) is 22.7 Å². The zero-order valence-corrected chi connectivity index (χ0v) is 13.0. The molecule has 0 spiro atoms. The van der Waals surface area contributed by atoms with Gasteiger partial charge >= 0.3 is 5.97 Å². The lowest BCUT2D eigenvalue weighted by Crippen LogP contribution is -2.20. The third-order valence-electron chi connectivity index (χ3n) is 2.99. The SMILES string of the molecule is COC(=O)c1ccc(OC)c(N=C(N)COc2ccccc2)c1. The highest BCUT2D eigenvalue weighted by atomic mass is 16.5. The van der Waals surface area contributed by atoms with Crippen LogP contribution in [0.4, 0.5) is 5.69 Å². The molecule has 2 aromatic rings. The number of ether oxygens (including phenoxy) is 3. The number of nitrogens with zero attached hydrogens (tertiary/aromatic N) is 1. The Morgan fingerprint density at radius 3 is 2.52 bits per heavy atom. The Balaban J connectivity index is 2.17. The fourth-order valence-corrected chi connectivity index (χ4v) is 1.88. The molecule has 0 saturated carbocycles. The second-order valence-electron chi connectivity index (χ2n) is 4.58. The van der Waals surface area contributed by atoms with Crippen LogP contribution in [0.1, 0.15) is 10.4 Å². The standard InChI is InChI=1S/C17H18N2O4/c1-21-15-9-8-12(17(20)22-2)10-14(15)19-16(18)11-23-13-6-4-3-5-7-13/h3-10H,11H2,1-2H3,(H2,18,19). The van der Waals surface area contributed by atoms with E-state index in [1.807, 2.05) is 30.3 Å². The van der Waals surface area contributed by atoms with E-state index in [1.54, 1.807) is 18.2 Å². The summed E-state index contributed by atoms with van der Waals surface area (Å²) in [6.45, 7) is 0.121. The van der Waals surface area contributed by atoms with E-state index < -0.39 is 5.97 Å². The van der Waals surface area contributed by atoms with Crippen molar-refractivity contribution >= 4 is 17.5 Å². The number of hydrogen-bond acceptors (Lipinski definition) is 5. The first-order valence-corrected chi connectivity index (χ1v) is 6.91. The van der Waals surface area contributed by atoms with Crippen LogP contribution in [0, 0.1) is 0 Å². The lowest BCUT2D eigenvalue weighted by molar-refractivity contribution is 0.0600. The Morgan fingerprint density at radius 2 is 1.87 bits per heavy atom. The molecule has 0 aliphatic carbocycles. The molecular weight excluding hydrogens is 296 g/mol. The molecule has 0 saturated heterocycles. The van der Waals surface area contributed by atoms with Crippen molar-refractivity contribution in [3.05, 3.63) is 54.1 Å². The third-order valence-corrected chi connectivity index (χ3v) is 2.99. The first-order valence-electron chi connectivity index (χ1n) is 6.91. The van der Waals surface area contributed by atoms with Gasteiger partial charge in [-0.3, -0.25) is 0 Å². The second kappa shape index (κ2) is 7.84. The third kappa shape index (κ3) is 4.47. The van der Waals surface area contributed by atoms with Crippen LogP contribution in [-0.4, -0.2) is 32.6 Å². The van der Waals surface area contributed by atoms with Crippen molar-refractivity contribution in [1.82, 2.24) is 0 Å². The number of nitrogens with two attached hydrogens (primary N) is 1. The van der Waals surface area contributed by atoms with Gasteiger partial charge in [0.2, 0.25) is 0 Å². The Morgan fingerprint density at radius 1 is 1.13 bits per heavy atom. The molecule has 0 radical (unpaired) electrons. The van der Waals surface area contributed by atoms with Crippen molar-refractivity contribution in [3.8, 4) is 11.5 Å². The Labute approximate surface area is 134 Å². The highest BCUT2D eigenvalue weighted by Gasteiger charge is 2.10. The van der Waals surface area contributed by atoms with Crippen LogP contribution in [0.5, 0.6) is 11.5 Å². The molecule has 0 aromatic heterocycles. The van der Waals surface area contributed by atoms with Gasteiger partial charge in [0, 0.05) is 0 Å². The number of carbonyl (C=O) groups excluding carboxylic acids is 1. The summed E-state index contributed by atoms with van der Waals surface area (Å²) in [5, 5.41) is 0. The van der Waals surface area contributed by atoms with Gasteiger partial charge in [0.05, 0.1) is 19.8 Å². The normalized spacial score (nSPS) is 11.0.